The quantitative estimate of drug-likeness (QED) is 0.565. The van der Waals surface area contributed by atoms with Gasteiger partial charge in [-0.05, 0) is 25.4 Å². The Morgan fingerprint density at radius 1 is 1.41 bits per heavy atom. The molecule has 1 unspecified atom stereocenters. The summed E-state index contributed by atoms with van der Waals surface area (Å²) in [6.07, 6.45) is 3.46. The van der Waals surface area contributed by atoms with Crippen LogP contribution in [0.3, 0.4) is 0 Å². The molecule has 0 aliphatic carbocycles. The van der Waals surface area contributed by atoms with Gasteiger partial charge in [0.05, 0.1) is 17.5 Å². The van der Waals surface area contributed by atoms with E-state index in [9.17, 15) is 9.59 Å². The zero-order chi connectivity index (χ0) is 18.7. The van der Waals surface area contributed by atoms with Crippen LogP contribution in [0.2, 0.25) is 0 Å². The summed E-state index contributed by atoms with van der Waals surface area (Å²) in [5.41, 5.74) is 1.59. The van der Waals surface area contributed by atoms with Crippen LogP contribution < -0.4 is 10.6 Å². The van der Waals surface area contributed by atoms with E-state index in [4.69, 9.17) is 4.74 Å². The second kappa shape index (κ2) is 9.32. The minimum atomic E-state index is -0.507. The Morgan fingerprint density at radius 3 is 2.81 bits per heavy atom. The van der Waals surface area contributed by atoms with E-state index < -0.39 is 6.04 Å². The second-order valence-electron chi connectivity index (χ2n) is 5.63. The number of ether oxygens (including phenoxy) is 1. The highest BCUT2D eigenvalue weighted by molar-refractivity contribution is 7.28. The number of aryl methyl sites for hydroxylation is 1. The first-order valence-electron chi connectivity index (χ1n) is 8.14. The molecule has 1 amide bonds. The number of carbonyl (C=O) groups excluding carboxylic acids is 2. The fourth-order valence-corrected chi connectivity index (χ4v) is 4.98. The van der Waals surface area contributed by atoms with E-state index in [1.165, 1.54) is 11.3 Å². The summed E-state index contributed by atoms with van der Waals surface area (Å²) in [4.78, 5) is 25.4. The molecular formula is C17H21ClN4O3S2. The molecule has 3 aromatic heterocycles. The Balaban J connectivity index is 0.00000261. The summed E-state index contributed by atoms with van der Waals surface area (Å²) < 4.78 is 8.85. The highest BCUT2D eigenvalue weighted by Crippen LogP contribution is 2.35. The van der Waals surface area contributed by atoms with E-state index in [2.05, 4.69) is 15.7 Å². The molecule has 0 aromatic carbocycles. The molecule has 0 spiro atoms. The van der Waals surface area contributed by atoms with Crippen molar-refractivity contribution in [3.8, 4) is 0 Å². The SMILES string of the molecule is CCOC(=O)c1sc2ccsc2c1CNC(=O)C(NC)c1cnn(C)c1.Cl. The number of thiophene rings is 2. The molecule has 0 aliphatic rings. The smallest absolute Gasteiger partial charge is 0.348 e. The highest BCUT2D eigenvalue weighted by Gasteiger charge is 2.23. The van der Waals surface area contributed by atoms with Crippen LogP contribution in [-0.2, 0) is 23.1 Å². The Morgan fingerprint density at radius 2 is 2.19 bits per heavy atom. The van der Waals surface area contributed by atoms with Crippen molar-refractivity contribution >= 4 is 56.4 Å². The van der Waals surface area contributed by atoms with Crippen molar-refractivity contribution in [2.45, 2.75) is 19.5 Å². The normalized spacial score (nSPS) is 11.8. The molecular weight excluding hydrogens is 408 g/mol. The number of aromatic nitrogens is 2. The summed E-state index contributed by atoms with van der Waals surface area (Å²) in [5, 5.41) is 12.0. The van der Waals surface area contributed by atoms with Gasteiger partial charge in [-0.1, -0.05) is 0 Å². The molecule has 10 heteroatoms. The molecule has 3 aromatic rings. The molecule has 27 heavy (non-hydrogen) atoms. The van der Waals surface area contributed by atoms with Crippen molar-refractivity contribution in [2.24, 2.45) is 7.05 Å². The minimum Gasteiger partial charge on any atom is -0.462 e. The van der Waals surface area contributed by atoms with Gasteiger partial charge in [-0.15, -0.1) is 35.1 Å². The van der Waals surface area contributed by atoms with Crippen molar-refractivity contribution in [3.05, 3.63) is 39.8 Å². The summed E-state index contributed by atoms with van der Waals surface area (Å²) >= 11 is 2.96. The molecule has 1 atom stereocenters. The average Bonchev–Trinajstić information content (AvgIpc) is 3.30. The van der Waals surface area contributed by atoms with Crippen molar-refractivity contribution in [1.29, 1.82) is 0 Å². The maximum Gasteiger partial charge on any atom is 0.348 e. The van der Waals surface area contributed by atoms with Gasteiger partial charge in [0.2, 0.25) is 5.91 Å². The molecule has 0 saturated carbocycles. The van der Waals surface area contributed by atoms with Crippen molar-refractivity contribution in [3.63, 3.8) is 0 Å². The molecule has 0 aliphatic heterocycles. The Kier molecular flexibility index (Phi) is 7.37. The lowest BCUT2D eigenvalue weighted by Crippen LogP contribution is -2.35. The maximum atomic E-state index is 12.6. The van der Waals surface area contributed by atoms with Gasteiger partial charge in [0, 0.05) is 35.6 Å². The molecule has 0 bridgehead atoms. The van der Waals surface area contributed by atoms with Crippen LogP contribution >= 0.6 is 35.1 Å². The Bertz CT molecular complexity index is 934. The molecule has 3 rings (SSSR count). The molecule has 0 radical (unpaired) electrons. The first kappa shape index (κ1) is 21.4. The van der Waals surface area contributed by atoms with E-state index in [0.29, 0.717) is 11.5 Å². The second-order valence-corrected chi connectivity index (χ2v) is 7.60. The summed E-state index contributed by atoms with van der Waals surface area (Å²) in [6, 6.07) is 1.47. The number of nitrogens with zero attached hydrogens (tertiary/aromatic N) is 2. The number of esters is 1. The van der Waals surface area contributed by atoms with E-state index in [1.54, 1.807) is 49.4 Å². The van der Waals surface area contributed by atoms with Crippen LogP contribution in [0.5, 0.6) is 0 Å². The number of nitrogens with one attached hydrogen (secondary N) is 2. The third-order valence-electron chi connectivity index (χ3n) is 3.90. The number of carbonyl (C=O) groups is 2. The van der Waals surface area contributed by atoms with Crippen LogP contribution in [-0.4, -0.2) is 35.3 Å². The molecule has 0 saturated heterocycles. The topological polar surface area (TPSA) is 85.2 Å². The number of fused-ring (bicyclic) bond motifs is 1. The Labute approximate surface area is 171 Å². The van der Waals surface area contributed by atoms with Crippen molar-refractivity contribution in [1.82, 2.24) is 20.4 Å². The standard InChI is InChI=1S/C17H20N4O3S2.ClH/c1-4-24-17(23)15-11(14-12(26-15)5-6-25-14)8-19-16(22)13(18-2)10-7-20-21(3)9-10;/h5-7,9,13,18H,4,8H2,1-3H3,(H,19,22);1H. The molecule has 146 valence electrons. The van der Waals surface area contributed by atoms with Crippen LogP contribution in [0.1, 0.15) is 33.8 Å². The zero-order valence-electron chi connectivity index (χ0n) is 15.1. The maximum absolute atomic E-state index is 12.6. The molecule has 7 nitrogen and oxygen atoms in total. The number of rotatable bonds is 7. The van der Waals surface area contributed by atoms with E-state index in [1.807, 2.05) is 11.4 Å². The first-order chi connectivity index (χ1) is 12.5. The van der Waals surface area contributed by atoms with Gasteiger partial charge in [0.1, 0.15) is 10.9 Å². The third-order valence-corrected chi connectivity index (χ3v) is 6.18. The molecule has 0 fully saturated rings. The van der Waals surface area contributed by atoms with Gasteiger partial charge in [-0.3, -0.25) is 9.48 Å². The largest absolute Gasteiger partial charge is 0.462 e. The predicted octanol–water partition coefficient (Wildman–Crippen LogP) is 2.87. The van der Waals surface area contributed by atoms with E-state index in [-0.39, 0.29) is 30.8 Å². The van der Waals surface area contributed by atoms with Crippen LogP contribution in [0.15, 0.2) is 23.8 Å². The number of hydrogen-bond acceptors (Lipinski definition) is 7. The molecule has 2 N–H and O–H groups in total. The highest BCUT2D eigenvalue weighted by atomic mass is 35.5. The number of halogens is 1. The van der Waals surface area contributed by atoms with Crippen LogP contribution in [0.4, 0.5) is 0 Å². The summed E-state index contributed by atoms with van der Waals surface area (Å²) in [6.45, 7) is 2.37. The predicted molar refractivity (Wildman–Crippen MR) is 110 cm³/mol. The van der Waals surface area contributed by atoms with Gasteiger partial charge < -0.3 is 15.4 Å². The van der Waals surface area contributed by atoms with Gasteiger partial charge in [0.15, 0.2) is 0 Å². The lowest BCUT2D eigenvalue weighted by Gasteiger charge is -2.14. The number of amides is 1. The van der Waals surface area contributed by atoms with Crippen molar-refractivity contribution < 1.29 is 14.3 Å². The van der Waals surface area contributed by atoms with Gasteiger partial charge in [-0.2, -0.15) is 5.10 Å². The van der Waals surface area contributed by atoms with Gasteiger partial charge in [-0.25, -0.2) is 4.79 Å². The third kappa shape index (κ3) is 4.49. The lowest BCUT2D eigenvalue weighted by atomic mass is 10.1. The van der Waals surface area contributed by atoms with E-state index >= 15 is 0 Å². The molecule has 3 heterocycles. The number of likely N-dealkylation sites (N-methyl/N-ethyl adjacent to an activating group) is 1. The van der Waals surface area contributed by atoms with E-state index in [0.717, 1.165) is 20.5 Å². The summed E-state index contributed by atoms with van der Waals surface area (Å²) in [7, 11) is 3.53. The monoisotopic (exact) mass is 428 g/mol. The van der Waals surface area contributed by atoms with Crippen molar-refractivity contribution in [2.75, 3.05) is 13.7 Å². The van der Waals surface area contributed by atoms with Gasteiger partial charge in [0.25, 0.3) is 0 Å². The minimum absolute atomic E-state index is 0. The zero-order valence-corrected chi connectivity index (χ0v) is 17.6. The lowest BCUT2D eigenvalue weighted by molar-refractivity contribution is -0.123. The van der Waals surface area contributed by atoms with Crippen LogP contribution in [0, 0.1) is 0 Å². The van der Waals surface area contributed by atoms with Crippen LogP contribution in [0.25, 0.3) is 9.40 Å². The number of hydrogen-bond donors (Lipinski definition) is 2. The average molecular weight is 429 g/mol. The fraction of sp³-hybridized carbons (Fsp3) is 0.353. The first-order valence-corrected chi connectivity index (χ1v) is 9.84. The van der Waals surface area contributed by atoms with Gasteiger partial charge >= 0.3 is 5.97 Å². The fourth-order valence-electron chi connectivity index (χ4n) is 2.71. The Hall–Kier alpha value is -1.94. The summed E-state index contributed by atoms with van der Waals surface area (Å²) in [5.74, 6) is -0.520.